The molecule has 3 aliphatic rings. The molecule has 3 aromatic rings. The molecule has 3 N–H and O–H groups in total. The average molecular weight is 541 g/mol. The van der Waals surface area contributed by atoms with Gasteiger partial charge in [0.2, 0.25) is 11.7 Å². The van der Waals surface area contributed by atoms with Crippen molar-refractivity contribution in [3.8, 4) is 11.3 Å². The Morgan fingerprint density at radius 3 is 2.62 bits per heavy atom. The summed E-state index contributed by atoms with van der Waals surface area (Å²) in [5.41, 5.74) is 7.23. The molecule has 2 saturated carbocycles. The van der Waals surface area contributed by atoms with E-state index in [1.165, 1.54) is 18.8 Å². The maximum Gasteiger partial charge on any atom is 0.451 e. The Hall–Kier alpha value is -3.63. The monoisotopic (exact) mass is 540 g/mol. The number of alkyl halides is 3. The molecule has 6 rings (SSSR count). The van der Waals surface area contributed by atoms with Gasteiger partial charge in [-0.2, -0.15) is 13.2 Å². The van der Waals surface area contributed by atoms with Gasteiger partial charge in [0.05, 0.1) is 24.3 Å². The van der Waals surface area contributed by atoms with Crippen LogP contribution in [0.15, 0.2) is 47.3 Å². The number of nitrogens with zero attached hydrogens (tertiary/aromatic N) is 4. The van der Waals surface area contributed by atoms with Gasteiger partial charge in [0.1, 0.15) is 0 Å². The molecule has 5 atom stereocenters. The lowest BCUT2D eigenvalue weighted by Crippen LogP contribution is -2.41. The number of amides is 1. The molecule has 1 aromatic carbocycles. The second kappa shape index (κ2) is 10.2. The summed E-state index contributed by atoms with van der Waals surface area (Å²) < 4.78 is 44.8. The van der Waals surface area contributed by atoms with Crippen LogP contribution in [0.1, 0.15) is 61.1 Å². The van der Waals surface area contributed by atoms with Crippen LogP contribution in [0.25, 0.3) is 11.3 Å². The van der Waals surface area contributed by atoms with E-state index in [4.69, 9.17) is 10.2 Å². The normalized spacial score (nSPS) is 26.6. The molecular weight excluding hydrogens is 509 g/mol. The minimum Gasteiger partial charge on any atom is -0.424 e. The fourth-order valence-corrected chi connectivity index (χ4v) is 6.85. The van der Waals surface area contributed by atoms with E-state index in [1.54, 1.807) is 24.4 Å². The first-order valence-corrected chi connectivity index (χ1v) is 13.5. The van der Waals surface area contributed by atoms with Crippen molar-refractivity contribution in [1.82, 2.24) is 15.0 Å². The van der Waals surface area contributed by atoms with E-state index in [0.717, 1.165) is 50.6 Å². The summed E-state index contributed by atoms with van der Waals surface area (Å²) in [5.74, 6) is 0.430. The topological polar surface area (TPSA) is 110 Å². The lowest BCUT2D eigenvalue weighted by atomic mass is 9.77. The zero-order chi connectivity index (χ0) is 27.1. The van der Waals surface area contributed by atoms with E-state index >= 15 is 0 Å². The lowest BCUT2D eigenvalue weighted by Gasteiger charge is -2.39. The fraction of sp³-hybridized carbons (Fsp3) is 0.500. The minimum absolute atomic E-state index is 0.226. The number of anilines is 2. The predicted molar refractivity (Wildman–Crippen MR) is 139 cm³/mol. The van der Waals surface area contributed by atoms with Gasteiger partial charge in [-0.3, -0.25) is 4.79 Å². The van der Waals surface area contributed by atoms with Gasteiger partial charge in [0.15, 0.2) is 5.76 Å². The number of piperidine rings is 1. The Labute approximate surface area is 224 Å². The summed E-state index contributed by atoms with van der Waals surface area (Å²) in [7, 11) is 0. The van der Waals surface area contributed by atoms with Crippen LogP contribution in [-0.2, 0) is 6.18 Å². The molecule has 1 aliphatic heterocycles. The highest BCUT2D eigenvalue weighted by Gasteiger charge is 2.46. The van der Waals surface area contributed by atoms with Crippen molar-refractivity contribution in [1.29, 1.82) is 0 Å². The van der Waals surface area contributed by atoms with Gasteiger partial charge in [0, 0.05) is 29.8 Å². The number of hydrogen-bond acceptors (Lipinski definition) is 7. The molecule has 2 aliphatic carbocycles. The number of hydrogen-bond donors (Lipinski definition) is 2. The molecule has 3 fully saturated rings. The van der Waals surface area contributed by atoms with Crippen LogP contribution in [0.3, 0.4) is 0 Å². The quantitative estimate of drug-likeness (QED) is 0.406. The van der Waals surface area contributed by atoms with Gasteiger partial charge in [-0.1, -0.05) is 25.0 Å². The molecule has 0 spiro atoms. The summed E-state index contributed by atoms with van der Waals surface area (Å²) in [4.78, 5) is 25.4. The van der Waals surface area contributed by atoms with Crippen molar-refractivity contribution in [2.24, 2.45) is 23.5 Å². The standard InChI is InChI=1S/C28H31F3N6O2/c29-28(30,31)26-33-12-21(13-34-26)37-15-16-8-20(23(37)9-16)10-17-4-1-2-7-22(17)36-27-35-14-24(39-27)18-5-3-6-19(11-18)25(32)38/h3,5-6,11-14,16-17,20,22-23H,1-2,4,7-10,15H2,(H2,32,38)(H,35,36)/t16-,17+,20-,22-,23-/m1/s1. The Morgan fingerprint density at radius 2 is 1.87 bits per heavy atom. The first-order valence-electron chi connectivity index (χ1n) is 13.5. The van der Waals surface area contributed by atoms with Crippen molar-refractivity contribution < 1.29 is 22.4 Å². The van der Waals surface area contributed by atoms with Crippen LogP contribution in [0.4, 0.5) is 24.9 Å². The maximum absolute atomic E-state index is 12.9. The number of halogens is 3. The van der Waals surface area contributed by atoms with E-state index in [9.17, 15) is 18.0 Å². The summed E-state index contributed by atoms with van der Waals surface area (Å²) in [6.07, 6.45) is 7.45. The predicted octanol–water partition coefficient (Wildman–Crippen LogP) is 5.53. The largest absolute Gasteiger partial charge is 0.451 e. The molecule has 3 heterocycles. The smallest absolute Gasteiger partial charge is 0.424 e. The second-order valence-corrected chi connectivity index (χ2v) is 11.1. The molecule has 11 heteroatoms. The second-order valence-electron chi connectivity index (χ2n) is 11.1. The first-order chi connectivity index (χ1) is 18.7. The SMILES string of the molecule is NC(=O)c1cccc(-c2cnc(N[C@@H]3CCCC[C@H]3C[C@H]3C[C@@H]4C[C@H]3N(c3cnc(C(F)(F)F)nc3)C4)o2)c1. The zero-order valence-corrected chi connectivity index (χ0v) is 21.4. The van der Waals surface area contributed by atoms with Gasteiger partial charge in [-0.05, 0) is 62.0 Å². The van der Waals surface area contributed by atoms with E-state index in [0.29, 0.717) is 46.8 Å². The van der Waals surface area contributed by atoms with Gasteiger partial charge >= 0.3 is 6.18 Å². The molecule has 1 amide bonds. The zero-order valence-electron chi connectivity index (χ0n) is 21.4. The van der Waals surface area contributed by atoms with Crippen molar-refractivity contribution in [3.05, 3.63) is 54.2 Å². The van der Waals surface area contributed by atoms with Crippen LogP contribution in [-0.4, -0.2) is 39.5 Å². The average Bonchev–Trinajstić information content (AvgIpc) is 3.66. The van der Waals surface area contributed by atoms with Crippen molar-refractivity contribution in [2.45, 2.75) is 63.2 Å². The minimum atomic E-state index is -4.54. The highest BCUT2D eigenvalue weighted by Crippen LogP contribution is 2.48. The molecule has 1 saturated heterocycles. The Bertz CT molecular complexity index is 1330. The number of nitrogens with two attached hydrogens (primary N) is 1. The first kappa shape index (κ1) is 25.6. The molecule has 39 heavy (non-hydrogen) atoms. The number of oxazole rings is 1. The van der Waals surface area contributed by atoms with E-state index in [-0.39, 0.29) is 6.04 Å². The number of rotatable bonds is 7. The summed E-state index contributed by atoms with van der Waals surface area (Å²) in [6.45, 7) is 0.846. The molecular formula is C28H31F3N6O2. The highest BCUT2D eigenvalue weighted by atomic mass is 19.4. The van der Waals surface area contributed by atoms with Gasteiger partial charge in [-0.25, -0.2) is 15.0 Å². The number of carbonyl (C=O) groups is 1. The van der Waals surface area contributed by atoms with Crippen LogP contribution < -0.4 is 16.0 Å². The number of fused-ring (bicyclic) bond motifs is 2. The van der Waals surface area contributed by atoms with Crippen LogP contribution in [0.5, 0.6) is 0 Å². The van der Waals surface area contributed by atoms with Crippen LogP contribution >= 0.6 is 0 Å². The number of nitrogens with one attached hydrogen (secondary N) is 1. The Morgan fingerprint density at radius 1 is 1.08 bits per heavy atom. The van der Waals surface area contributed by atoms with E-state index in [2.05, 4.69) is 25.2 Å². The summed E-state index contributed by atoms with van der Waals surface area (Å²) in [6, 6.07) is 7.95. The van der Waals surface area contributed by atoms with Crippen molar-refractivity contribution >= 4 is 17.6 Å². The lowest BCUT2D eigenvalue weighted by molar-refractivity contribution is -0.145. The number of primary amides is 1. The third-order valence-electron chi connectivity index (χ3n) is 8.59. The van der Waals surface area contributed by atoms with Gasteiger partial charge in [-0.15, -0.1) is 0 Å². The van der Waals surface area contributed by atoms with E-state index < -0.39 is 17.9 Å². The van der Waals surface area contributed by atoms with E-state index in [1.807, 2.05) is 6.07 Å². The third kappa shape index (κ3) is 5.31. The maximum atomic E-state index is 12.9. The Kier molecular flexibility index (Phi) is 6.68. The Balaban J connectivity index is 1.12. The van der Waals surface area contributed by atoms with Crippen LogP contribution in [0, 0.1) is 17.8 Å². The summed E-state index contributed by atoms with van der Waals surface area (Å²) >= 11 is 0. The highest BCUT2D eigenvalue weighted by molar-refractivity contribution is 5.93. The molecule has 206 valence electrons. The molecule has 8 nitrogen and oxygen atoms in total. The van der Waals surface area contributed by atoms with Crippen molar-refractivity contribution in [3.63, 3.8) is 0 Å². The number of benzene rings is 1. The molecule has 0 radical (unpaired) electrons. The summed E-state index contributed by atoms with van der Waals surface area (Å²) in [5, 5.41) is 3.53. The number of aromatic nitrogens is 3. The van der Waals surface area contributed by atoms with Gasteiger partial charge in [0.25, 0.3) is 6.01 Å². The van der Waals surface area contributed by atoms with Crippen molar-refractivity contribution in [2.75, 3.05) is 16.8 Å². The van der Waals surface area contributed by atoms with Gasteiger partial charge < -0.3 is 20.4 Å². The molecule has 2 aromatic heterocycles. The van der Waals surface area contributed by atoms with Crippen LogP contribution in [0.2, 0.25) is 0 Å². The fourth-order valence-electron chi connectivity index (χ4n) is 6.85. The molecule has 2 bridgehead atoms. The number of carbonyl (C=O) groups excluding carboxylic acids is 1. The molecule has 0 unspecified atom stereocenters. The third-order valence-corrected chi connectivity index (χ3v) is 8.59.